The third-order valence-corrected chi connectivity index (χ3v) is 4.19. The molecule has 0 saturated heterocycles. The lowest BCUT2D eigenvalue weighted by Crippen LogP contribution is -2.09. The molecule has 1 atom stereocenters. The standard InChI is InChI=1S/C14H12ClF2NS/c15-10-3-1-9(2-4-10)14(8-18)19-13-7-11(16)5-6-12(13)17/h1-7,14H,8,18H2. The molecule has 1 unspecified atom stereocenters. The second-order valence-corrected chi connectivity index (χ2v) is 5.65. The Kier molecular flexibility index (Phi) is 4.80. The van der Waals surface area contributed by atoms with E-state index in [1.807, 2.05) is 12.1 Å². The zero-order valence-electron chi connectivity index (χ0n) is 9.95. The molecule has 0 aliphatic rings. The van der Waals surface area contributed by atoms with Gasteiger partial charge in [0.2, 0.25) is 0 Å². The van der Waals surface area contributed by atoms with Crippen LogP contribution < -0.4 is 5.73 Å². The molecule has 2 aromatic rings. The topological polar surface area (TPSA) is 26.0 Å². The largest absolute Gasteiger partial charge is 0.329 e. The summed E-state index contributed by atoms with van der Waals surface area (Å²) in [4.78, 5) is 0.255. The van der Waals surface area contributed by atoms with Crippen LogP contribution in [0.4, 0.5) is 8.78 Å². The van der Waals surface area contributed by atoms with Crippen LogP contribution in [-0.2, 0) is 0 Å². The molecule has 2 rings (SSSR count). The van der Waals surface area contributed by atoms with Crippen LogP contribution in [0.25, 0.3) is 0 Å². The minimum absolute atomic E-state index is 0.145. The van der Waals surface area contributed by atoms with Crippen LogP contribution in [0, 0.1) is 11.6 Å². The first-order chi connectivity index (χ1) is 9.10. The zero-order valence-corrected chi connectivity index (χ0v) is 11.5. The maximum absolute atomic E-state index is 13.6. The van der Waals surface area contributed by atoms with Crippen molar-refractivity contribution in [2.75, 3.05) is 6.54 Å². The van der Waals surface area contributed by atoms with E-state index >= 15 is 0 Å². The van der Waals surface area contributed by atoms with Crippen LogP contribution >= 0.6 is 23.4 Å². The van der Waals surface area contributed by atoms with Gasteiger partial charge in [0.15, 0.2) is 0 Å². The van der Waals surface area contributed by atoms with Crippen molar-refractivity contribution in [1.82, 2.24) is 0 Å². The van der Waals surface area contributed by atoms with E-state index in [-0.39, 0.29) is 10.1 Å². The van der Waals surface area contributed by atoms with E-state index in [1.54, 1.807) is 12.1 Å². The Balaban J connectivity index is 2.23. The van der Waals surface area contributed by atoms with Crippen LogP contribution in [0.15, 0.2) is 47.4 Å². The van der Waals surface area contributed by atoms with Gasteiger partial charge in [-0.25, -0.2) is 8.78 Å². The lowest BCUT2D eigenvalue weighted by Gasteiger charge is -2.15. The van der Waals surface area contributed by atoms with E-state index in [9.17, 15) is 8.78 Å². The summed E-state index contributed by atoms with van der Waals surface area (Å²) in [6.07, 6.45) is 0. The minimum atomic E-state index is -0.462. The Bertz CT molecular complexity index is 560. The molecule has 0 amide bonds. The number of rotatable bonds is 4. The molecular formula is C14H12ClF2NS. The van der Waals surface area contributed by atoms with Gasteiger partial charge in [-0.2, -0.15) is 0 Å². The van der Waals surface area contributed by atoms with Crippen molar-refractivity contribution in [1.29, 1.82) is 0 Å². The quantitative estimate of drug-likeness (QED) is 0.846. The van der Waals surface area contributed by atoms with Crippen molar-refractivity contribution in [3.05, 3.63) is 64.7 Å². The Labute approximate surface area is 119 Å². The van der Waals surface area contributed by atoms with E-state index in [1.165, 1.54) is 17.8 Å². The van der Waals surface area contributed by atoms with E-state index < -0.39 is 11.6 Å². The van der Waals surface area contributed by atoms with Gasteiger partial charge in [-0.1, -0.05) is 23.7 Å². The second kappa shape index (κ2) is 6.37. The van der Waals surface area contributed by atoms with Crippen LogP contribution in [0.5, 0.6) is 0 Å². The van der Waals surface area contributed by atoms with Gasteiger partial charge >= 0.3 is 0 Å². The van der Waals surface area contributed by atoms with Crippen molar-refractivity contribution in [2.24, 2.45) is 5.73 Å². The summed E-state index contributed by atoms with van der Waals surface area (Å²) >= 11 is 7.02. The smallest absolute Gasteiger partial charge is 0.136 e. The molecule has 0 heterocycles. The SMILES string of the molecule is NCC(Sc1cc(F)ccc1F)c1ccc(Cl)cc1. The average Bonchev–Trinajstić information content (AvgIpc) is 2.41. The Morgan fingerprint density at radius 3 is 2.42 bits per heavy atom. The van der Waals surface area contributed by atoms with Gasteiger partial charge in [0, 0.05) is 21.7 Å². The molecule has 19 heavy (non-hydrogen) atoms. The molecule has 0 aromatic heterocycles. The average molecular weight is 300 g/mol. The molecule has 0 aliphatic carbocycles. The number of hydrogen-bond donors (Lipinski definition) is 1. The highest BCUT2D eigenvalue weighted by atomic mass is 35.5. The maximum Gasteiger partial charge on any atom is 0.136 e. The highest BCUT2D eigenvalue weighted by Crippen LogP contribution is 2.36. The van der Waals surface area contributed by atoms with Crippen LogP contribution in [0.3, 0.4) is 0 Å². The summed E-state index contributed by atoms with van der Waals surface area (Å²) < 4.78 is 26.7. The van der Waals surface area contributed by atoms with Gasteiger partial charge < -0.3 is 5.73 Å². The lowest BCUT2D eigenvalue weighted by atomic mass is 10.1. The van der Waals surface area contributed by atoms with Crippen LogP contribution in [-0.4, -0.2) is 6.54 Å². The summed E-state index contributed by atoms with van der Waals surface area (Å²) in [5.41, 5.74) is 6.64. The van der Waals surface area contributed by atoms with Gasteiger partial charge in [-0.05, 0) is 35.9 Å². The maximum atomic E-state index is 13.6. The highest BCUT2D eigenvalue weighted by molar-refractivity contribution is 7.99. The molecule has 0 fully saturated rings. The number of hydrogen-bond acceptors (Lipinski definition) is 2. The molecule has 0 saturated carbocycles. The molecular weight excluding hydrogens is 288 g/mol. The first-order valence-corrected chi connectivity index (χ1v) is 6.93. The molecule has 100 valence electrons. The Morgan fingerprint density at radius 2 is 1.79 bits per heavy atom. The minimum Gasteiger partial charge on any atom is -0.329 e. The van der Waals surface area contributed by atoms with Gasteiger partial charge in [0.05, 0.1) is 0 Å². The van der Waals surface area contributed by atoms with E-state index in [2.05, 4.69) is 0 Å². The van der Waals surface area contributed by atoms with Gasteiger partial charge in [0.1, 0.15) is 11.6 Å². The summed E-state index contributed by atoms with van der Waals surface area (Å²) in [6, 6.07) is 10.6. The van der Waals surface area contributed by atoms with Crippen molar-refractivity contribution < 1.29 is 8.78 Å². The molecule has 0 aliphatic heterocycles. The van der Waals surface area contributed by atoms with E-state index in [0.29, 0.717) is 11.6 Å². The van der Waals surface area contributed by atoms with Crippen molar-refractivity contribution in [3.8, 4) is 0 Å². The summed E-state index contributed by atoms with van der Waals surface area (Å²) in [7, 11) is 0. The molecule has 0 radical (unpaired) electrons. The zero-order chi connectivity index (χ0) is 13.8. The van der Waals surface area contributed by atoms with Crippen molar-refractivity contribution in [3.63, 3.8) is 0 Å². The highest BCUT2D eigenvalue weighted by Gasteiger charge is 2.14. The van der Waals surface area contributed by atoms with E-state index in [4.69, 9.17) is 17.3 Å². The monoisotopic (exact) mass is 299 g/mol. The Hall–Kier alpha value is -1.10. The molecule has 0 spiro atoms. The van der Waals surface area contributed by atoms with Gasteiger partial charge in [-0.15, -0.1) is 11.8 Å². The lowest BCUT2D eigenvalue weighted by molar-refractivity contribution is 0.576. The fourth-order valence-electron chi connectivity index (χ4n) is 1.65. The van der Waals surface area contributed by atoms with Crippen molar-refractivity contribution >= 4 is 23.4 Å². The number of nitrogens with two attached hydrogens (primary N) is 1. The van der Waals surface area contributed by atoms with Crippen molar-refractivity contribution in [2.45, 2.75) is 10.1 Å². The first kappa shape index (κ1) is 14.3. The molecule has 5 heteroatoms. The summed E-state index contributed by atoms with van der Waals surface area (Å²) in [6.45, 7) is 0.322. The fraction of sp³-hybridized carbons (Fsp3) is 0.143. The first-order valence-electron chi connectivity index (χ1n) is 5.67. The molecule has 2 N–H and O–H groups in total. The van der Waals surface area contributed by atoms with E-state index in [0.717, 1.165) is 17.7 Å². The summed E-state index contributed by atoms with van der Waals surface area (Å²) in [5.74, 6) is -0.908. The molecule has 2 aromatic carbocycles. The second-order valence-electron chi connectivity index (χ2n) is 3.97. The predicted octanol–water partition coefficient (Wildman–Crippen LogP) is 4.41. The third kappa shape index (κ3) is 3.69. The third-order valence-electron chi connectivity index (χ3n) is 2.62. The van der Waals surface area contributed by atoms with Crippen LogP contribution in [0.2, 0.25) is 5.02 Å². The fourth-order valence-corrected chi connectivity index (χ4v) is 2.83. The Morgan fingerprint density at radius 1 is 1.11 bits per heavy atom. The number of halogens is 3. The number of thioether (sulfide) groups is 1. The summed E-state index contributed by atoms with van der Waals surface area (Å²) in [5, 5.41) is 0.482. The van der Waals surface area contributed by atoms with Gasteiger partial charge in [-0.3, -0.25) is 0 Å². The van der Waals surface area contributed by atoms with Gasteiger partial charge in [0.25, 0.3) is 0 Å². The predicted molar refractivity (Wildman–Crippen MR) is 75.5 cm³/mol. The van der Waals surface area contributed by atoms with Crippen LogP contribution in [0.1, 0.15) is 10.8 Å². The molecule has 0 bridgehead atoms. The normalized spacial score (nSPS) is 12.4. The molecule has 1 nitrogen and oxygen atoms in total. The number of benzene rings is 2.